The number of hydrogen-bond acceptors (Lipinski definition) is 4. The minimum atomic E-state index is -5.21. The van der Waals surface area contributed by atoms with Gasteiger partial charge in [0, 0.05) is 25.7 Å². The number of piperidine rings is 1. The lowest BCUT2D eigenvalue weighted by molar-refractivity contribution is -0.162. The Labute approximate surface area is 156 Å². The summed E-state index contributed by atoms with van der Waals surface area (Å²) in [5.74, 6) is 0. The molecule has 1 aromatic heterocycles. The molecule has 11 heteroatoms. The van der Waals surface area contributed by atoms with Crippen molar-refractivity contribution in [1.82, 2.24) is 20.3 Å². The standard InChI is InChI=1S/C17H18F6N4O/c1-9-6-15(28,7-13(24-9)14-8-27(2)26-25-14)10-3-4-11(16(18,19)20)12(5-10)17(21,22)23/h3-5,8-9,13,24,28H,6-7H2,1-2H3/t9-,13-,15-/m0/s1. The maximum absolute atomic E-state index is 13.3. The van der Waals surface area contributed by atoms with Gasteiger partial charge in [0.05, 0.1) is 28.5 Å². The highest BCUT2D eigenvalue weighted by Gasteiger charge is 2.46. The molecule has 0 bridgehead atoms. The molecule has 2 heterocycles. The molecule has 3 rings (SSSR count). The van der Waals surface area contributed by atoms with E-state index < -0.39 is 35.1 Å². The molecular formula is C17H18F6N4O. The van der Waals surface area contributed by atoms with Crippen molar-refractivity contribution in [1.29, 1.82) is 0 Å². The number of benzene rings is 1. The van der Waals surface area contributed by atoms with Gasteiger partial charge in [-0.1, -0.05) is 11.3 Å². The van der Waals surface area contributed by atoms with E-state index in [1.807, 2.05) is 0 Å². The summed E-state index contributed by atoms with van der Waals surface area (Å²) in [7, 11) is 1.64. The highest BCUT2D eigenvalue weighted by atomic mass is 19.4. The number of alkyl halides is 6. The van der Waals surface area contributed by atoms with Crippen LogP contribution in [0.15, 0.2) is 24.4 Å². The van der Waals surface area contributed by atoms with Crippen LogP contribution in [-0.2, 0) is 25.0 Å². The Balaban J connectivity index is 2.03. The molecule has 1 fully saturated rings. The molecule has 2 aromatic rings. The maximum Gasteiger partial charge on any atom is 0.417 e. The summed E-state index contributed by atoms with van der Waals surface area (Å²) < 4.78 is 80.2. The smallest absolute Gasteiger partial charge is 0.385 e. The molecule has 28 heavy (non-hydrogen) atoms. The van der Waals surface area contributed by atoms with Crippen molar-refractivity contribution in [3.05, 3.63) is 46.8 Å². The van der Waals surface area contributed by atoms with Crippen molar-refractivity contribution < 1.29 is 31.4 Å². The highest BCUT2D eigenvalue weighted by molar-refractivity contribution is 5.39. The molecule has 2 N–H and O–H groups in total. The van der Waals surface area contributed by atoms with Gasteiger partial charge >= 0.3 is 12.4 Å². The normalized spacial score (nSPS) is 26.5. The first-order valence-corrected chi connectivity index (χ1v) is 8.43. The minimum Gasteiger partial charge on any atom is -0.385 e. The van der Waals surface area contributed by atoms with Crippen molar-refractivity contribution in [3.8, 4) is 0 Å². The summed E-state index contributed by atoms with van der Waals surface area (Å²) in [6, 6.07) is 0.847. The lowest BCUT2D eigenvalue weighted by Crippen LogP contribution is -2.47. The van der Waals surface area contributed by atoms with Crippen molar-refractivity contribution in [2.75, 3.05) is 0 Å². The average molecular weight is 408 g/mol. The van der Waals surface area contributed by atoms with E-state index in [2.05, 4.69) is 15.6 Å². The van der Waals surface area contributed by atoms with Crippen LogP contribution >= 0.6 is 0 Å². The molecule has 1 aliphatic heterocycles. The van der Waals surface area contributed by atoms with E-state index in [-0.39, 0.29) is 24.4 Å². The zero-order valence-corrected chi connectivity index (χ0v) is 14.9. The first kappa shape index (κ1) is 20.6. The molecule has 0 spiro atoms. The van der Waals surface area contributed by atoms with Crippen LogP contribution in [0.1, 0.15) is 48.2 Å². The Hall–Kier alpha value is -2.14. The van der Waals surface area contributed by atoms with E-state index in [4.69, 9.17) is 0 Å². The van der Waals surface area contributed by atoms with Crippen LogP contribution in [0.5, 0.6) is 0 Å². The lowest BCUT2D eigenvalue weighted by Gasteiger charge is -2.41. The van der Waals surface area contributed by atoms with Crippen LogP contribution in [0.4, 0.5) is 26.3 Å². The van der Waals surface area contributed by atoms with Crippen LogP contribution in [0.3, 0.4) is 0 Å². The third-order valence-corrected chi connectivity index (χ3v) is 4.82. The average Bonchev–Trinajstić information content (AvgIpc) is 2.98. The fourth-order valence-corrected chi connectivity index (χ4v) is 3.65. The zero-order valence-electron chi connectivity index (χ0n) is 14.9. The van der Waals surface area contributed by atoms with Gasteiger partial charge in [0.2, 0.25) is 0 Å². The van der Waals surface area contributed by atoms with Gasteiger partial charge in [-0.2, -0.15) is 26.3 Å². The molecule has 1 saturated heterocycles. The summed E-state index contributed by atoms with van der Waals surface area (Å²) in [5, 5.41) is 22.0. The van der Waals surface area contributed by atoms with Gasteiger partial charge in [-0.05, 0) is 31.0 Å². The van der Waals surface area contributed by atoms with Gasteiger partial charge in [0.1, 0.15) is 0 Å². The largest absolute Gasteiger partial charge is 0.417 e. The van der Waals surface area contributed by atoms with E-state index in [1.165, 1.54) is 4.68 Å². The topological polar surface area (TPSA) is 63.0 Å². The Morgan fingerprint density at radius 3 is 2.29 bits per heavy atom. The Morgan fingerprint density at radius 2 is 1.75 bits per heavy atom. The number of aliphatic hydroxyl groups is 1. The van der Waals surface area contributed by atoms with Crippen molar-refractivity contribution in [3.63, 3.8) is 0 Å². The molecule has 3 atom stereocenters. The summed E-state index contributed by atoms with van der Waals surface area (Å²) in [5.41, 5.74) is -5.07. The number of hydrogen-bond donors (Lipinski definition) is 2. The first-order chi connectivity index (χ1) is 12.8. The van der Waals surface area contributed by atoms with E-state index in [9.17, 15) is 31.4 Å². The molecule has 0 saturated carbocycles. The zero-order chi connectivity index (χ0) is 20.9. The maximum atomic E-state index is 13.3. The lowest BCUT2D eigenvalue weighted by atomic mass is 9.77. The van der Waals surface area contributed by atoms with E-state index in [0.29, 0.717) is 17.8 Å². The van der Waals surface area contributed by atoms with E-state index in [1.54, 1.807) is 20.2 Å². The Bertz CT molecular complexity index is 862. The number of halogens is 6. The first-order valence-electron chi connectivity index (χ1n) is 8.43. The quantitative estimate of drug-likeness (QED) is 0.747. The second-order valence-corrected chi connectivity index (χ2v) is 7.13. The molecule has 1 aromatic carbocycles. The third kappa shape index (κ3) is 4.00. The van der Waals surface area contributed by atoms with Crippen LogP contribution in [0.25, 0.3) is 0 Å². The molecule has 0 radical (unpaired) electrons. The number of nitrogens with zero attached hydrogens (tertiary/aromatic N) is 3. The third-order valence-electron chi connectivity index (χ3n) is 4.82. The summed E-state index contributed by atoms with van der Waals surface area (Å²) >= 11 is 0. The molecule has 0 unspecified atom stereocenters. The van der Waals surface area contributed by atoms with E-state index in [0.717, 1.165) is 6.07 Å². The van der Waals surface area contributed by atoms with Crippen molar-refractivity contribution >= 4 is 0 Å². The van der Waals surface area contributed by atoms with Crippen LogP contribution < -0.4 is 5.32 Å². The summed E-state index contributed by atoms with van der Waals surface area (Å²) in [4.78, 5) is 0. The molecule has 0 aliphatic carbocycles. The molecule has 1 aliphatic rings. The SMILES string of the molecule is C[C@H]1C[C@@](O)(c2ccc(C(F)(F)F)c(C(F)(F)F)c2)C[C@@H](c2cn(C)nn2)N1. The summed E-state index contributed by atoms with van der Waals surface area (Å²) in [6.07, 6.45) is -8.79. The fraction of sp³-hybridized carbons (Fsp3) is 0.529. The van der Waals surface area contributed by atoms with Gasteiger partial charge in [0.15, 0.2) is 0 Å². The Morgan fingerprint density at radius 1 is 1.11 bits per heavy atom. The fourth-order valence-electron chi connectivity index (χ4n) is 3.65. The van der Waals surface area contributed by atoms with Gasteiger partial charge in [-0.3, -0.25) is 4.68 Å². The van der Waals surface area contributed by atoms with Gasteiger partial charge in [-0.25, -0.2) is 0 Å². The van der Waals surface area contributed by atoms with Crippen LogP contribution in [-0.4, -0.2) is 26.1 Å². The van der Waals surface area contributed by atoms with Gasteiger partial charge in [-0.15, -0.1) is 5.10 Å². The number of rotatable bonds is 2. The van der Waals surface area contributed by atoms with Crippen LogP contribution in [0.2, 0.25) is 0 Å². The minimum absolute atomic E-state index is 0.0342. The number of aryl methyl sites for hydroxylation is 1. The summed E-state index contributed by atoms with van der Waals surface area (Å²) in [6.45, 7) is 1.72. The van der Waals surface area contributed by atoms with Crippen molar-refractivity contribution in [2.24, 2.45) is 7.05 Å². The molecular weight excluding hydrogens is 390 g/mol. The molecule has 5 nitrogen and oxygen atoms in total. The Kier molecular flexibility index (Phi) is 4.95. The number of aromatic nitrogens is 3. The monoisotopic (exact) mass is 408 g/mol. The van der Waals surface area contributed by atoms with Gasteiger partial charge < -0.3 is 10.4 Å². The number of nitrogens with one attached hydrogen (secondary N) is 1. The predicted octanol–water partition coefficient (Wildman–Crippen LogP) is 3.55. The second kappa shape index (κ2) is 6.73. The second-order valence-electron chi connectivity index (χ2n) is 7.13. The molecule has 154 valence electrons. The predicted molar refractivity (Wildman–Crippen MR) is 85.9 cm³/mol. The van der Waals surface area contributed by atoms with Crippen LogP contribution in [0, 0.1) is 0 Å². The molecule has 0 amide bonds. The van der Waals surface area contributed by atoms with Gasteiger partial charge in [0.25, 0.3) is 0 Å². The highest BCUT2D eigenvalue weighted by Crippen LogP contribution is 2.45. The van der Waals surface area contributed by atoms with Crippen molar-refractivity contribution in [2.45, 2.75) is 49.8 Å². The van der Waals surface area contributed by atoms with E-state index >= 15 is 0 Å².